The van der Waals surface area contributed by atoms with Gasteiger partial charge in [-0.15, -0.1) is 11.3 Å². The summed E-state index contributed by atoms with van der Waals surface area (Å²) >= 11 is 1.82. The van der Waals surface area contributed by atoms with Gasteiger partial charge in [-0.2, -0.15) is 0 Å². The van der Waals surface area contributed by atoms with Crippen LogP contribution in [0.3, 0.4) is 0 Å². The highest BCUT2D eigenvalue weighted by Crippen LogP contribution is 2.28. The molecule has 0 aliphatic heterocycles. The van der Waals surface area contributed by atoms with Gasteiger partial charge in [0.25, 0.3) is 0 Å². The van der Waals surface area contributed by atoms with Gasteiger partial charge < -0.3 is 0 Å². The fourth-order valence-electron chi connectivity index (χ4n) is 1.52. The first kappa shape index (κ1) is 7.81. The normalized spacial score (nSPS) is 11.2. The van der Waals surface area contributed by atoms with Gasteiger partial charge in [-0.1, -0.05) is 26.0 Å². The molecule has 0 aliphatic rings. The van der Waals surface area contributed by atoms with Gasteiger partial charge in [-0.25, -0.2) is 0 Å². The molecule has 0 nitrogen and oxygen atoms in total. The third-order valence-corrected chi connectivity index (χ3v) is 3.03. The van der Waals surface area contributed by atoms with Crippen LogP contribution in [0.25, 0.3) is 10.1 Å². The van der Waals surface area contributed by atoms with E-state index in [1.54, 1.807) is 0 Å². The molecule has 1 heterocycles. The van der Waals surface area contributed by atoms with Crippen LogP contribution in [0.1, 0.15) is 25.3 Å². The van der Waals surface area contributed by atoms with Gasteiger partial charge in [0.05, 0.1) is 0 Å². The van der Waals surface area contributed by atoms with Crippen molar-refractivity contribution in [2.24, 2.45) is 0 Å². The van der Waals surface area contributed by atoms with Gasteiger partial charge in [-0.3, -0.25) is 0 Å². The number of fused-ring (bicyclic) bond motifs is 1. The van der Waals surface area contributed by atoms with E-state index in [-0.39, 0.29) is 0 Å². The predicted octanol–water partition coefficient (Wildman–Crippen LogP) is 4.02. The van der Waals surface area contributed by atoms with Crippen molar-refractivity contribution in [3.8, 4) is 0 Å². The molecule has 12 heavy (non-hydrogen) atoms. The van der Waals surface area contributed by atoms with Crippen LogP contribution in [0.4, 0.5) is 0 Å². The molecule has 2 rings (SSSR count). The molecule has 0 aliphatic carbocycles. The molecule has 2 aromatic rings. The van der Waals surface area contributed by atoms with Crippen LogP contribution in [-0.2, 0) is 0 Å². The highest BCUT2D eigenvalue weighted by Gasteiger charge is 2.04. The highest BCUT2D eigenvalue weighted by atomic mass is 32.1. The quantitative estimate of drug-likeness (QED) is 0.615. The molecule has 0 unspecified atom stereocenters. The van der Waals surface area contributed by atoms with Crippen LogP contribution in [-0.4, -0.2) is 0 Å². The van der Waals surface area contributed by atoms with Gasteiger partial charge in [0, 0.05) is 4.70 Å². The lowest BCUT2D eigenvalue weighted by Gasteiger charge is -2.05. The van der Waals surface area contributed by atoms with Crippen molar-refractivity contribution >= 4 is 21.4 Å². The molecule has 0 N–H and O–H groups in total. The Labute approximate surface area is 76.8 Å². The number of rotatable bonds is 1. The van der Waals surface area contributed by atoms with E-state index >= 15 is 0 Å². The van der Waals surface area contributed by atoms with Crippen LogP contribution in [0.5, 0.6) is 0 Å². The Morgan fingerprint density at radius 3 is 2.75 bits per heavy atom. The Bertz CT molecular complexity index is 385. The Morgan fingerprint density at radius 1 is 1.17 bits per heavy atom. The molecule has 0 fully saturated rings. The van der Waals surface area contributed by atoms with Crippen LogP contribution < -0.4 is 0 Å². The number of benzene rings is 1. The molecule has 0 spiro atoms. The minimum atomic E-state index is 0.628. The zero-order valence-electron chi connectivity index (χ0n) is 7.37. The van der Waals surface area contributed by atoms with E-state index < -0.39 is 0 Å². The second-order valence-electron chi connectivity index (χ2n) is 3.33. The first-order chi connectivity index (χ1) is 5.79. The summed E-state index contributed by atoms with van der Waals surface area (Å²) in [5, 5.41) is 3.59. The van der Waals surface area contributed by atoms with Gasteiger partial charge >= 0.3 is 0 Å². The topological polar surface area (TPSA) is 0 Å². The summed E-state index contributed by atoms with van der Waals surface area (Å²) in [7, 11) is 0. The maximum atomic E-state index is 2.24. The molecular formula is C11H12S. The standard InChI is InChI=1S/C11H12S/c1-8(2)9-4-3-5-11-10(9)6-7-12-11/h3-8H,1-2H3. The number of hydrogen-bond donors (Lipinski definition) is 0. The molecule has 1 heteroatoms. The SMILES string of the molecule is CC(C)c1cccc2sccc12. The lowest BCUT2D eigenvalue weighted by Crippen LogP contribution is -1.85. The van der Waals surface area contributed by atoms with Crippen LogP contribution >= 0.6 is 11.3 Å². The van der Waals surface area contributed by atoms with Crippen LogP contribution in [0.15, 0.2) is 29.6 Å². The largest absolute Gasteiger partial charge is 0.144 e. The van der Waals surface area contributed by atoms with Crippen molar-refractivity contribution in [2.45, 2.75) is 19.8 Å². The van der Waals surface area contributed by atoms with Gasteiger partial charge in [0.15, 0.2) is 0 Å². The average Bonchev–Trinajstić information content (AvgIpc) is 2.49. The van der Waals surface area contributed by atoms with E-state index in [1.165, 1.54) is 15.6 Å². The minimum Gasteiger partial charge on any atom is -0.144 e. The van der Waals surface area contributed by atoms with Crippen LogP contribution in [0.2, 0.25) is 0 Å². The second-order valence-corrected chi connectivity index (χ2v) is 4.28. The van der Waals surface area contributed by atoms with Crippen molar-refractivity contribution in [2.75, 3.05) is 0 Å². The Morgan fingerprint density at radius 2 is 2.00 bits per heavy atom. The van der Waals surface area contributed by atoms with E-state index in [1.807, 2.05) is 11.3 Å². The molecule has 1 aromatic carbocycles. The average molecular weight is 176 g/mol. The molecular weight excluding hydrogens is 164 g/mol. The zero-order chi connectivity index (χ0) is 8.55. The molecule has 1 aromatic heterocycles. The monoisotopic (exact) mass is 176 g/mol. The molecule has 0 atom stereocenters. The molecule has 0 amide bonds. The van der Waals surface area contributed by atoms with E-state index in [2.05, 4.69) is 43.5 Å². The summed E-state index contributed by atoms with van der Waals surface area (Å²) in [4.78, 5) is 0. The summed E-state index contributed by atoms with van der Waals surface area (Å²) in [6, 6.07) is 8.77. The summed E-state index contributed by atoms with van der Waals surface area (Å²) in [6.07, 6.45) is 0. The first-order valence-corrected chi connectivity index (χ1v) is 5.13. The fraction of sp³-hybridized carbons (Fsp3) is 0.273. The maximum absolute atomic E-state index is 2.24. The Balaban J connectivity index is 2.73. The Kier molecular flexibility index (Phi) is 1.89. The third kappa shape index (κ3) is 1.14. The van der Waals surface area contributed by atoms with Crippen molar-refractivity contribution in [1.29, 1.82) is 0 Å². The maximum Gasteiger partial charge on any atom is 0.0345 e. The van der Waals surface area contributed by atoms with Gasteiger partial charge in [-0.05, 0) is 34.4 Å². The molecule has 62 valence electrons. The van der Waals surface area contributed by atoms with Crippen molar-refractivity contribution in [3.63, 3.8) is 0 Å². The molecule has 0 saturated carbocycles. The highest BCUT2D eigenvalue weighted by molar-refractivity contribution is 7.17. The number of thiophene rings is 1. The molecule has 0 radical (unpaired) electrons. The van der Waals surface area contributed by atoms with Crippen molar-refractivity contribution < 1.29 is 0 Å². The van der Waals surface area contributed by atoms with Gasteiger partial charge in [0.1, 0.15) is 0 Å². The smallest absolute Gasteiger partial charge is 0.0345 e. The summed E-state index contributed by atoms with van der Waals surface area (Å²) in [5.41, 5.74) is 1.47. The minimum absolute atomic E-state index is 0.628. The van der Waals surface area contributed by atoms with Crippen molar-refractivity contribution in [1.82, 2.24) is 0 Å². The van der Waals surface area contributed by atoms with E-state index in [0.717, 1.165) is 0 Å². The van der Waals surface area contributed by atoms with E-state index in [0.29, 0.717) is 5.92 Å². The third-order valence-electron chi connectivity index (χ3n) is 2.15. The molecule has 0 saturated heterocycles. The van der Waals surface area contributed by atoms with Gasteiger partial charge in [0.2, 0.25) is 0 Å². The Hall–Kier alpha value is -0.820. The zero-order valence-corrected chi connectivity index (χ0v) is 8.19. The number of hydrogen-bond acceptors (Lipinski definition) is 1. The van der Waals surface area contributed by atoms with E-state index in [9.17, 15) is 0 Å². The second kappa shape index (κ2) is 2.91. The fourth-order valence-corrected chi connectivity index (χ4v) is 2.34. The lowest BCUT2D eigenvalue weighted by atomic mass is 10.00. The first-order valence-electron chi connectivity index (χ1n) is 4.25. The lowest BCUT2D eigenvalue weighted by molar-refractivity contribution is 0.877. The summed E-state index contributed by atoms with van der Waals surface area (Å²) < 4.78 is 1.40. The predicted molar refractivity (Wildman–Crippen MR) is 55.9 cm³/mol. The van der Waals surface area contributed by atoms with Crippen molar-refractivity contribution in [3.05, 3.63) is 35.2 Å². The summed E-state index contributed by atoms with van der Waals surface area (Å²) in [6.45, 7) is 4.49. The van der Waals surface area contributed by atoms with E-state index in [4.69, 9.17) is 0 Å². The summed E-state index contributed by atoms with van der Waals surface area (Å²) in [5.74, 6) is 0.628. The van der Waals surface area contributed by atoms with Crippen LogP contribution in [0, 0.1) is 0 Å². The molecule has 0 bridgehead atoms.